The average Bonchev–Trinajstić information content (AvgIpc) is 2.55. The lowest BCUT2D eigenvalue weighted by atomic mass is 10.3. The zero-order chi connectivity index (χ0) is 17.4. The predicted molar refractivity (Wildman–Crippen MR) is 93.0 cm³/mol. The molecule has 0 saturated carbocycles. The molecule has 7 nitrogen and oxygen atoms in total. The fraction of sp³-hybridized carbons (Fsp3) is 0.250. The van der Waals surface area contributed by atoms with E-state index in [2.05, 4.69) is 15.6 Å². The third-order valence-electron chi connectivity index (χ3n) is 3.26. The quantitative estimate of drug-likeness (QED) is 0.796. The Morgan fingerprint density at radius 2 is 1.79 bits per heavy atom. The van der Waals surface area contributed by atoms with Gasteiger partial charge in [-0.2, -0.15) is 4.31 Å². The number of nitrogens with zero attached hydrogens (tertiary/aromatic N) is 2. The summed E-state index contributed by atoms with van der Waals surface area (Å²) < 4.78 is 25.1. The van der Waals surface area contributed by atoms with E-state index in [4.69, 9.17) is 0 Å². The van der Waals surface area contributed by atoms with Crippen molar-refractivity contribution < 1.29 is 13.2 Å². The molecule has 0 aliphatic carbocycles. The van der Waals surface area contributed by atoms with Crippen molar-refractivity contribution in [1.82, 2.24) is 14.6 Å². The highest BCUT2D eigenvalue weighted by Crippen LogP contribution is 2.07. The average molecular weight is 348 g/mol. The Hall–Kier alpha value is -2.45. The van der Waals surface area contributed by atoms with E-state index in [-0.39, 0.29) is 25.7 Å². The molecule has 0 radical (unpaired) electrons. The number of carbonyl (C=O) groups excluding carboxylic acids is 1. The molecule has 2 amide bonds. The Morgan fingerprint density at radius 3 is 2.42 bits per heavy atom. The Kier molecular flexibility index (Phi) is 6.28. The van der Waals surface area contributed by atoms with Gasteiger partial charge in [-0.05, 0) is 29.8 Å². The summed E-state index contributed by atoms with van der Waals surface area (Å²) >= 11 is 0. The highest BCUT2D eigenvalue weighted by atomic mass is 32.2. The molecule has 0 unspecified atom stereocenters. The van der Waals surface area contributed by atoms with Crippen LogP contribution >= 0.6 is 0 Å². The number of nitrogens with one attached hydrogen (secondary N) is 2. The first-order valence-corrected chi connectivity index (χ1v) is 9.24. The topological polar surface area (TPSA) is 91.4 Å². The van der Waals surface area contributed by atoms with Gasteiger partial charge in [-0.15, -0.1) is 0 Å². The standard InChI is InChI=1S/C16H20N4O3S/c1-24(22,23)20(13-14-7-9-17-10-8-14)12-11-18-16(21)19-15-5-3-2-4-6-15/h2-10H,11-13H2,1H3,(H2,18,19,21). The van der Waals surface area contributed by atoms with E-state index in [0.717, 1.165) is 11.8 Å². The number of rotatable bonds is 7. The molecule has 2 aromatic rings. The minimum absolute atomic E-state index is 0.184. The Balaban J connectivity index is 1.86. The van der Waals surface area contributed by atoms with Gasteiger partial charge in [0.25, 0.3) is 0 Å². The van der Waals surface area contributed by atoms with Crippen molar-refractivity contribution in [3.63, 3.8) is 0 Å². The van der Waals surface area contributed by atoms with Crippen LogP contribution < -0.4 is 10.6 Å². The number of amides is 2. The van der Waals surface area contributed by atoms with Gasteiger partial charge in [0.15, 0.2) is 0 Å². The van der Waals surface area contributed by atoms with Gasteiger partial charge in [0.05, 0.1) is 6.26 Å². The first-order chi connectivity index (χ1) is 11.4. The molecule has 0 spiro atoms. The van der Waals surface area contributed by atoms with E-state index in [1.807, 2.05) is 18.2 Å². The normalized spacial score (nSPS) is 11.2. The molecule has 1 aromatic heterocycles. The van der Waals surface area contributed by atoms with E-state index in [9.17, 15) is 13.2 Å². The van der Waals surface area contributed by atoms with E-state index < -0.39 is 10.0 Å². The molecule has 2 N–H and O–H groups in total. The summed E-state index contributed by atoms with van der Waals surface area (Å²) in [5.41, 5.74) is 1.51. The van der Waals surface area contributed by atoms with Crippen LogP contribution in [-0.2, 0) is 16.6 Å². The largest absolute Gasteiger partial charge is 0.337 e. The van der Waals surface area contributed by atoms with Gasteiger partial charge < -0.3 is 10.6 Å². The third-order valence-corrected chi connectivity index (χ3v) is 4.51. The lowest BCUT2D eigenvalue weighted by Crippen LogP contribution is -2.39. The van der Waals surface area contributed by atoms with Crippen molar-refractivity contribution in [1.29, 1.82) is 0 Å². The van der Waals surface area contributed by atoms with Crippen molar-refractivity contribution in [2.45, 2.75) is 6.54 Å². The minimum atomic E-state index is -3.38. The van der Waals surface area contributed by atoms with Crippen molar-refractivity contribution in [2.75, 3.05) is 24.7 Å². The molecule has 0 aliphatic rings. The van der Waals surface area contributed by atoms with Crippen LogP contribution in [0.2, 0.25) is 0 Å². The summed E-state index contributed by atoms with van der Waals surface area (Å²) in [6, 6.07) is 12.2. The van der Waals surface area contributed by atoms with Gasteiger partial charge in [-0.3, -0.25) is 4.98 Å². The number of hydrogen-bond acceptors (Lipinski definition) is 4. The maximum absolute atomic E-state index is 11.9. The van der Waals surface area contributed by atoms with Crippen LogP contribution in [0, 0.1) is 0 Å². The number of urea groups is 1. The third kappa shape index (κ3) is 5.98. The van der Waals surface area contributed by atoms with E-state index in [1.54, 1.807) is 36.7 Å². The van der Waals surface area contributed by atoms with Crippen molar-refractivity contribution in [3.05, 3.63) is 60.4 Å². The second-order valence-electron chi connectivity index (χ2n) is 5.20. The summed E-state index contributed by atoms with van der Waals surface area (Å²) in [7, 11) is -3.38. The Morgan fingerprint density at radius 1 is 1.12 bits per heavy atom. The number of para-hydroxylation sites is 1. The van der Waals surface area contributed by atoms with Gasteiger partial charge in [-0.25, -0.2) is 13.2 Å². The van der Waals surface area contributed by atoms with Crippen LogP contribution in [0.3, 0.4) is 0 Å². The lowest BCUT2D eigenvalue weighted by molar-refractivity contribution is 0.251. The molecule has 128 valence electrons. The van der Waals surface area contributed by atoms with E-state index >= 15 is 0 Å². The number of pyridine rings is 1. The zero-order valence-electron chi connectivity index (χ0n) is 13.3. The molecule has 1 aromatic carbocycles. The molecule has 0 atom stereocenters. The molecule has 0 saturated heterocycles. The first kappa shape index (κ1) is 17.9. The van der Waals surface area contributed by atoms with E-state index in [1.165, 1.54) is 4.31 Å². The monoisotopic (exact) mass is 348 g/mol. The fourth-order valence-electron chi connectivity index (χ4n) is 2.04. The fourth-order valence-corrected chi connectivity index (χ4v) is 2.85. The maximum Gasteiger partial charge on any atom is 0.319 e. The van der Waals surface area contributed by atoms with Crippen LogP contribution in [0.4, 0.5) is 10.5 Å². The smallest absolute Gasteiger partial charge is 0.319 e. The number of sulfonamides is 1. The number of benzene rings is 1. The van der Waals surface area contributed by atoms with Crippen molar-refractivity contribution in [2.24, 2.45) is 0 Å². The SMILES string of the molecule is CS(=O)(=O)N(CCNC(=O)Nc1ccccc1)Cc1ccncc1. The zero-order valence-corrected chi connectivity index (χ0v) is 14.2. The highest BCUT2D eigenvalue weighted by Gasteiger charge is 2.17. The van der Waals surface area contributed by atoms with Gasteiger partial charge >= 0.3 is 6.03 Å². The molecular formula is C16H20N4O3S. The Labute approximate surface area is 141 Å². The van der Waals surface area contributed by atoms with Crippen LogP contribution in [0.25, 0.3) is 0 Å². The molecule has 24 heavy (non-hydrogen) atoms. The highest BCUT2D eigenvalue weighted by molar-refractivity contribution is 7.88. The summed E-state index contributed by atoms with van der Waals surface area (Å²) in [5, 5.41) is 5.33. The van der Waals surface area contributed by atoms with Gasteiger partial charge in [0, 0.05) is 37.7 Å². The molecule has 1 heterocycles. The van der Waals surface area contributed by atoms with Crippen LogP contribution in [0.15, 0.2) is 54.9 Å². The van der Waals surface area contributed by atoms with Gasteiger partial charge in [0.2, 0.25) is 10.0 Å². The molecule has 2 rings (SSSR count). The Bertz CT molecular complexity index is 751. The van der Waals surface area contributed by atoms with Crippen molar-refractivity contribution >= 4 is 21.7 Å². The van der Waals surface area contributed by atoms with Gasteiger partial charge in [-0.1, -0.05) is 18.2 Å². The summed E-state index contributed by atoms with van der Waals surface area (Å²) in [5.74, 6) is 0. The maximum atomic E-state index is 11.9. The summed E-state index contributed by atoms with van der Waals surface area (Å²) in [6.45, 7) is 0.628. The first-order valence-electron chi connectivity index (χ1n) is 7.39. The van der Waals surface area contributed by atoms with E-state index in [0.29, 0.717) is 5.69 Å². The van der Waals surface area contributed by atoms with Crippen LogP contribution in [0.1, 0.15) is 5.56 Å². The minimum Gasteiger partial charge on any atom is -0.337 e. The summed E-state index contributed by atoms with van der Waals surface area (Å²) in [6.07, 6.45) is 4.38. The van der Waals surface area contributed by atoms with Crippen LogP contribution in [0.5, 0.6) is 0 Å². The number of aromatic nitrogens is 1. The second kappa shape index (κ2) is 8.42. The number of carbonyl (C=O) groups is 1. The number of anilines is 1. The second-order valence-corrected chi connectivity index (χ2v) is 7.18. The molecule has 0 aliphatic heterocycles. The lowest BCUT2D eigenvalue weighted by Gasteiger charge is -2.20. The number of hydrogen-bond donors (Lipinski definition) is 2. The molecule has 0 bridgehead atoms. The van der Waals surface area contributed by atoms with Crippen LogP contribution in [-0.4, -0.2) is 43.1 Å². The summed E-state index contributed by atoms with van der Waals surface area (Å²) in [4.78, 5) is 15.7. The predicted octanol–water partition coefficient (Wildman–Crippen LogP) is 1.66. The molecule has 0 fully saturated rings. The van der Waals surface area contributed by atoms with Crippen molar-refractivity contribution in [3.8, 4) is 0 Å². The molecular weight excluding hydrogens is 328 g/mol. The molecule has 8 heteroatoms. The van der Waals surface area contributed by atoms with Gasteiger partial charge in [0.1, 0.15) is 0 Å².